The lowest BCUT2D eigenvalue weighted by Gasteiger charge is -2.48. The number of hydrogen-bond donors (Lipinski definition) is 1. The smallest absolute Gasteiger partial charge is 0.255 e. The largest absolute Gasteiger partial charge is 0.489 e. The number of hydrogen-bond acceptors (Lipinski definition) is 6. The van der Waals surface area contributed by atoms with Crippen molar-refractivity contribution in [3.8, 4) is 5.75 Å². The number of carbonyl (C=O) groups excluding carboxylic acids is 3. The second-order valence-corrected chi connectivity index (χ2v) is 11.3. The zero-order chi connectivity index (χ0) is 26.5. The van der Waals surface area contributed by atoms with Crippen molar-refractivity contribution >= 4 is 28.6 Å². The number of benzene rings is 2. The number of carbonyl (C=O) groups is 3. The number of imide groups is 1. The van der Waals surface area contributed by atoms with E-state index in [1.807, 2.05) is 30.3 Å². The lowest BCUT2D eigenvalue weighted by molar-refractivity contribution is -0.136. The van der Waals surface area contributed by atoms with Crippen molar-refractivity contribution in [2.75, 3.05) is 13.1 Å². The number of aromatic nitrogens is 1. The Hall–Kier alpha value is -3.78. The molecule has 1 aromatic heterocycles. The topological polar surface area (TPSA) is 91.8 Å². The molecule has 3 atom stereocenters. The van der Waals surface area contributed by atoms with Crippen molar-refractivity contribution in [2.24, 2.45) is 0 Å². The van der Waals surface area contributed by atoms with Crippen LogP contribution < -0.4 is 10.1 Å². The monoisotopic (exact) mass is 524 g/mol. The number of pyridine rings is 1. The summed E-state index contributed by atoms with van der Waals surface area (Å²) in [6, 6.07) is 18.0. The van der Waals surface area contributed by atoms with Crippen molar-refractivity contribution in [1.82, 2.24) is 20.1 Å². The molecule has 3 aromatic rings. The van der Waals surface area contributed by atoms with Crippen LogP contribution in [-0.4, -0.2) is 63.8 Å². The van der Waals surface area contributed by atoms with Gasteiger partial charge < -0.3 is 9.64 Å². The lowest BCUT2D eigenvalue weighted by atomic mass is 9.85. The Labute approximate surface area is 227 Å². The van der Waals surface area contributed by atoms with E-state index in [4.69, 9.17) is 9.72 Å². The zero-order valence-electron chi connectivity index (χ0n) is 21.8. The zero-order valence-corrected chi connectivity index (χ0v) is 21.8. The van der Waals surface area contributed by atoms with Crippen LogP contribution in [0.3, 0.4) is 0 Å². The molecule has 2 saturated heterocycles. The summed E-state index contributed by atoms with van der Waals surface area (Å²) in [6.45, 7) is 2.35. The highest BCUT2D eigenvalue weighted by Crippen LogP contribution is 2.36. The van der Waals surface area contributed by atoms with Crippen LogP contribution in [0.2, 0.25) is 0 Å². The minimum atomic E-state index is -0.605. The maximum Gasteiger partial charge on any atom is 0.255 e. The van der Waals surface area contributed by atoms with Crippen LogP contribution in [0.1, 0.15) is 66.1 Å². The second-order valence-electron chi connectivity index (χ2n) is 11.3. The van der Waals surface area contributed by atoms with E-state index in [2.05, 4.69) is 34.5 Å². The van der Waals surface area contributed by atoms with E-state index in [0.717, 1.165) is 49.2 Å². The minimum Gasteiger partial charge on any atom is -0.489 e. The first-order valence-corrected chi connectivity index (χ1v) is 14.1. The summed E-state index contributed by atoms with van der Waals surface area (Å²) < 4.78 is 6.59. The quantitative estimate of drug-likeness (QED) is 0.511. The van der Waals surface area contributed by atoms with Gasteiger partial charge >= 0.3 is 0 Å². The lowest BCUT2D eigenvalue weighted by Crippen LogP contribution is -2.57. The summed E-state index contributed by atoms with van der Waals surface area (Å²) in [5.41, 5.74) is 3.71. The summed E-state index contributed by atoms with van der Waals surface area (Å²) >= 11 is 0. The molecule has 8 heteroatoms. The molecule has 0 spiro atoms. The normalized spacial score (nSPS) is 25.9. The molecule has 3 amide bonds. The second kappa shape index (κ2) is 9.75. The van der Waals surface area contributed by atoms with E-state index >= 15 is 0 Å². The predicted octanol–water partition coefficient (Wildman–Crippen LogP) is 3.79. The molecule has 7 rings (SSSR count). The Morgan fingerprint density at radius 1 is 0.923 bits per heavy atom. The number of piperidine rings is 1. The van der Waals surface area contributed by atoms with Crippen molar-refractivity contribution in [3.05, 3.63) is 71.4 Å². The summed E-state index contributed by atoms with van der Waals surface area (Å²) in [5.74, 6) is 0.398. The van der Waals surface area contributed by atoms with Gasteiger partial charge in [0.1, 0.15) is 17.9 Å². The molecule has 8 nitrogen and oxygen atoms in total. The van der Waals surface area contributed by atoms with E-state index in [9.17, 15) is 14.4 Å². The molecule has 3 fully saturated rings. The van der Waals surface area contributed by atoms with Crippen LogP contribution >= 0.6 is 0 Å². The van der Waals surface area contributed by atoms with Crippen molar-refractivity contribution in [1.29, 1.82) is 0 Å². The fraction of sp³-hybridized carbons (Fsp3) is 0.419. The number of para-hydroxylation sites is 1. The molecule has 1 saturated carbocycles. The van der Waals surface area contributed by atoms with Gasteiger partial charge in [-0.2, -0.15) is 0 Å². The third-order valence-electron chi connectivity index (χ3n) is 8.87. The molecule has 2 aromatic carbocycles. The van der Waals surface area contributed by atoms with Gasteiger partial charge in [-0.25, -0.2) is 0 Å². The van der Waals surface area contributed by atoms with Crippen molar-refractivity contribution in [3.63, 3.8) is 0 Å². The highest BCUT2D eigenvalue weighted by Gasteiger charge is 2.41. The number of nitrogens with one attached hydrogen (secondary N) is 1. The maximum atomic E-state index is 13.0. The molecular formula is C31H32N4O4. The first-order valence-electron chi connectivity index (χ1n) is 14.1. The summed E-state index contributed by atoms with van der Waals surface area (Å²) in [4.78, 5) is 46.0. The fourth-order valence-electron chi connectivity index (χ4n) is 6.71. The molecule has 1 N–H and O–H groups in total. The molecule has 0 radical (unpaired) electrons. The van der Waals surface area contributed by atoms with Crippen LogP contribution in [0.25, 0.3) is 10.9 Å². The van der Waals surface area contributed by atoms with Gasteiger partial charge in [-0.1, -0.05) is 30.7 Å². The molecular weight excluding hydrogens is 492 g/mol. The summed E-state index contributed by atoms with van der Waals surface area (Å²) in [5, 5.41) is 3.54. The SMILES string of the molecule is O=C1CC[C@H](N2Cc3cc(O[C@H]4CCCC[C@@H]4N4CC(c5ccc6ccccc6n5)C4)ccc3C2=O)C(=O)N1. The maximum absolute atomic E-state index is 13.0. The van der Waals surface area contributed by atoms with Gasteiger partial charge in [0.15, 0.2) is 0 Å². The molecule has 3 aliphatic heterocycles. The average Bonchev–Trinajstić information content (AvgIpc) is 3.24. The molecule has 200 valence electrons. The summed E-state index contributed by atoms with van der Waals surface area (Å²) in [6.07, 6.45) is 5.21. The molecule has 4 aliphatic rings. The third-order valence-corrected chi connectivity index (χ3v) is 8.87. The van der Waals surface area contributed by atoms with Crippen LogP contribution in [0.15, 0.2) is 54.6 Å². The van der Waals surface area contributed by atoms with Crippen LogP contribution in [-0.2, 0) is 16.1 Å². The molecule has 0 bridgehead atoms. The summed E-state index contributed by atoms with van der Waals surface area (Å²) in [7, 11) is 0. The highest BCUT2D eigenvalue weighted by atomic mass is 16.5. The van der Waals surface area contributed by atoms with Gasteiger partial charge in [-0.3, -0.25) is 29.6 Å². The number of fused-ring (bicyclic) bond motifs is 2. The van der Waals surface area contributed by atoms with Gasteiger partial charge in [0, 0.05) is 54.7 Å². The standard InChI is InChI=1S/C31H32N4O4/c36-29-14-13-27(30(37)33-29)35-18-20-15-22(10-11-23(20)31(35)38)39-28-8-4-3-7-26(28)34-16-21(17-34)25-12-9-19-5-1-2-6-24(19)32-25/h1-2,5-6,9-12,15,21,26-28H,3-4,7-8,13-14,16-18H2,(H,33,36,37)/t26-,27-,28-/m0/s1. The Morgan fingerprint density at radius 2 is 1.77 bits per heavy atom. The molecule has 1 aliphatic carbocycles. The number of amides is 3. The Balaban J connectivity index is 1.02. The minimum absolute atomic E-state index is 0.102. The number of ether oxygens (including phenoxy) is 1. The average molecular weight is 525 g/mol. The fourth-order valence-corrected chi connectivity index (χ4v) is 6.71. The highest BCUT2D eigenvalue weighted by molar-refractivity contribution is 6.05. The number of likely N-dealkylation sites (tertiary alicyclic amines) is 1. The first-order chi connectivity index (χ1) is 19.0. The third kappa shape index (κ3) is 4.46. The molecule has 0 unspecified atom stereocenters. The number of rotatable bonds is 5. The van der Waals surface area contributed by atoms with Gasteiger partial charge in [0.05, 0.1) is 5.52 Å². The predicted molar refractivity (Wildman–Crippen MR) is 145 cm³/mol. The molecule has 39 heavy (non-hydrogen) atoms. The Bertz CT molecular complexity index is 1470. The van der Waals surface area contributed by atoms with Crippen LogP contribution in [0, 0.1) is 0 Å². The Kier molecular flexibility index (Phi) is 6.07. The molecule has 4 heterocycles. The van der Waals surface area contributed by atoms with E-state index < -0.39 is 6.04 Å². The first kappa shape index (κ1) is 24.3. The number of nitrogens with zero attached hydrogens (tertiary/aromatic N) is 3. The van der Waals surface area contributed by atoms with Gasteiger partial charge in [-0.15, -0.1) is 0 Å². The van der Waals surface area contributed by atoms with Crippen LogP contribution in [0.5, 0.6) is 5.75 Å². The van der Waals surface area contributed by atoms with Crippen molar-refractivity contribution < 1.29 is 19.1 Å². The van der Waals surface area contributed by atoms with Gasteiger partial charge in [0.2, 0.25) is 11.8 Å². The van der Waals surface area contributed by atoms with Crippen molar-refractivity contribution in [2.45, 2.75) is 69.2 Å². The van der Waals surface area contributed by atoms with Gasteiger partial charge in [-0.05, 0) is 61.6 Å². The van der Waals surface area contributed by atoms with E-state index in [1.54, 1.807) is 4.90 Å². The van der Waals surface area contributed by atoms with E-state index in [-0.39, 0.29) is 30.2 Å². The Morgan fingerprint density at radius 3 is 2.64 bits per heavy atom. The van der Waals surface area contributed by atoms with E-state index in [1.165, 1.54) is 17.5 Å². The van der Waals surface area contributed by atoms with Crippen LogP contribution in [0.4, 0.5) is 0 Å². The van der Waals surface area contributed by atoms with E-state index in [0.29, 0.717) is 30.5 Å². The van der Waals surface area contributed by atoms with Gasteiger partial charge in [0.25, 0.3) is 5.91 Å².